The quantitative estimate of drug-likeness (QED) is 0.491. The standard InChI is InChI=1S/C28H35ClF3N5O5S/c1-25(2,3)36-12-10-35(11-13-36)18-4-5-21(20(29)14-18)43(40,41)19-15-22(42-24(39)34-26(17-33)6-7-26)37(16-19)23(38)27(8-9-27)28(30,31)32/h4-5,14,19,22H,6-13,15-16H2,1-3H3,(H,34,39)/t19-,22+/m1/s1. The molecule has 0 aromatic heterocycles. The van der Waals surface area contributed by atoms with Gasteiger partial charge in [0.05, 0.1) is 21.2 Å². The molecule has 2 amide bonds. The van der Waals surface area contributed by atoms with Crippen LogP contribution >= 0.6 is 11.6 Å². The van der Waals surface area contributed by atoms with Crippen LogP contribution in [0.15, 0.2) is 23.1 Å². The number of carbonyl (C=O) groups is 2. The van der Waals surface area contributed by atoms with Crippen molar-refractivity contribution in [1.29, 1.82) is 5.26 Å². The van der Waals surface area contributed by atoms with Gasteiger partial charge in [0, 0.05) is 50.4 Å². The van der Waals surface area contributed by atoms with Gasteiger partial charge in [0.1, 0.15) is 11.0 Å². The second-order valence-corrected chi connectivity index (χ2v) is 15.5. The highest BCUT2D eigenvalue weighted by Crippen LogP contribution is 2.59. The third-order valence-electron chi connectivity index (χ3n) is 8.98. The lowest BCUT2D eigenvalue weighted by atomic mass is 10.0. The van der Waals surface area contributed by atoms with Crippen molar-refractivity contribution in [1.82, 2.24) is 15.1 Å². The van der Waals surface area contributed by atoms with Gasteiger partial charge in [-0.2, -0.15) is 18.4 Å². The first-order chi connectivity index (χ1) is 19.9. The van der Waals surface area contributed by atoms with Gasteiger partial charge in [-0.05, 0) is 64.7 Å². The number of sulfone groups is 1. The van der Waals surface area contributed by atoms with E-state index in [9.17, 15) is 36.4 Å². The highest BCUT2D eigenvalue weighted by molar-refractivity contribution is 7.92. The number of carbonyl (C=O) groups excluding carboxylic acids is 2. The van der Waals surface area contributed by atoms with Crippen LogP contribution < -0.4 is 10.2 Å². The second-order valence-electron chi connectivity index (χ2n) is 12.9. The van der Waals surface area contributed by atoms with Crippen LogP contribution in [0.5, 0.6) is 0 Å². The summed E-state index contributed by atoms with van der Waals surface area (Å²) in [6.07, 6.45) is -8.08. The van der Waals surface area contributed by atoms with Crippen LogP contribution in [0, 0.1) is 16.7 Å². The summed E-state index contributed by atoms with van der Waals surface area (Å²) >= 11 is 6.50. The Morgan fingerprint density at radius 1 is 1.09 bits per heavy atom. The summed E-state index contributed by atoms with van der Waals surface area (Å²) in [5.41, 5.74) is -3.00. The van der Waals surface area contributed by atoms with Gasteiger partial charge in [-0.3, -0.25) is 9.69 Å². The number of nitrogens with zero attached hydrogens (tertiary/aromatic N) is 4. The second kappa shape index (κ2) is 10.7. The molecule has 2 saturated carbocycles. The summed E-state index contributed by atoms with van der Waals surface area (Å²) in [6.45, 7) is 8.89. The number of piperazine rings is 1. The number of halogens is 4. The van der Waals surface area contributed by atoms with Crippen LogP contribution in [0.1, 0.15) is 52.9 Å². The first-order valence-electron chi connectivity index (χ1n) is 14.2. The van der Waals surface area contributed by atoms with Crippen molar-refractivity contribution in [2.45, 2.75) is 86.5 Å². The zero-order valence-electron chi connectivity index (χ0n) is 24.2. The molecule has 1 aromatic rings. The highest BCUT2D eigenvalue weighted by Gasteiger charge is 2.70. The van der Waals surface area contributed by atoms with Gasteiger partial charge in [-0.1, -0.05) is 11.6 Å². The molecule has 1 aromatic carbocycles. The molecule has 10 nitrogen and oxygen atoms in total. The van der Waals surface area contributed by atoms with Gasteiger partial charge < -0.3 is 19.9 Å². The van der Waals surface area contributed by atoms with Crippen LogP contribution in [0.3, 0.4) is 0 Å². The maximum absolute atomic E-state index is 13.8. The van der Waals surface area contributed by atoms with Crippen molar-refractivity contribution < 1.29 is 35.9 Å². The lowest BCUT2D eigenvalue weighted by Crippen LogP contribution is -2.53. The maximum atomic E-state index is 13.8. The number of nitriles is 1. The molecule has 2 atom stereocenters. The molecule has 2 aliphatic carbocycles. The van der Waals surface area contributed by atoms with E-state index < -0.39 is 76.3 Å². The number of benzene rings is 1. The van der Waals surface area contributed by atoms with E-state index in [1.807, 2.05) is 6.07 Å². The van der Waals surface area contributed by atoms with E-state index >= 15 is 0 Å². The van der Waals surface area contributed by atoms with Crippen molar-refractivity contribution in [2.75, 3.05) is 37.6 Å². The van der Waals surface area contributed by atoms with E-state index in [4.69, 9.17) is 16.3 Å². The van der Waals surface area contributed by atoms with Crippen molar-refractivity contribution in [3.05, 3.63) is 23.2 Å². The van der Waals surface area contributed by atoms with Crippen LogP contribution in [0.4, 0.5) is 23.7 Å². The topological polar surface area (TPSA) is 123 Å². The fraction of sp³-hybridized carbons (Fsp3) is 0.679. The molecule has 1 N–H and O–H groups in total. The van der Waals surface area contributed by atoms with Crippen LogP contribution in [0.2, 0.25) is 5.02 Å². The molecular formula is C28H35ClF3N5O5S. The van der Waals surface area contributed by atoms with Gasteiger partial charge in [0.2, 0.25) is 5.91 Å². The largest absolute Gasteiger partial charge is 0.425 e. The van der Waals surface area contributed by atoms with Crippen LogP contribution in [-0.2, 0) is 19.4 Å². The van der Waals surface area contributed by atoms with E-state index in [1.165, 1.54) is 6.07 Å². The Morgan fingerprint density at radius 2 is 1.72 bits per heavy atom. The van der Waals surface area contributed by atoms with Crippen LogP contribution in [0.25, 0.3) is 0 Å². The third kappa shape index (κ3) is 6.00. The average Bonchev–Trinajstić information content (AvgIpc) is 3.84. The summed E-state index contributed by atoms with van der Waals surface area (Å²) < 4.78 is 74.4. The van der Waals surface area contributed by atoms with Gasteiger partial charge >= 0.3 is 12.3 Å². The average molecular weight is 646 g/mol. The van der Waals surface area contributed by atoms with Crippen molar-refractivity contribution in [2.24, 2.45) is 5.41 Å². The lowest BCUT2D eigenvalue weighted by molar-refractivity contribution is -0.201. The number of hydrogen-bond donors (Lipinski definition) is 1. The molecule has 43 heavy (non-hydrogen) atoms. The SMILES string of the molecule is CC(C)(C)N1CCN(c2ccc(S(=O)(=O)[C@@H]3C[C@H](OC(=O)NC4(C#N)CC4)N(C(=O)C4(C(F)(F)F)CC4)C3)c(Cl)c2)CC1. The Labute approximate surface area is 254 Å². The molecule has 2 heterocycles. The highest BCUT2D eigenvalue weighted by atomic mass is 35.5. The first kappa shape index (κ1) is 31.7. The van der Waals surface area contributed by atoms with Crippen molar-refractivity contribution >= 4 is 39.1 Å². The smallest absolute Gasteiger partial charge is 0.410 e. The normalized spacial score (nSPS) is 25.2. The Hall–Kier alpha value is -2.76. The van der Waals surface area contributed by atoms with Gasteiger partial charge in [-0.15, -0.1) is 0 Å². The lowest BCUT2D eigenvalue weighted by Gasteiger charge is -2.43. The number of hydrogen-bond acceptors (Lipinski definition) is 8. The van der Waals surface area contributed by atoms with E-state index in [0.29, 0.717) is 30.8 Å². The molecule has 0 spiro atoms. The van der Waals surface area contributed by atoms with Crippen LogP contribution in [-0.4, -0.2) is 91.7 Å². The number of rotatable bonds is 6. The minimum Gasteiger partial charge on any atom is -0.425 e. The molecule has 4 aliphatic rings. The zero-order chi connectivity index (χ0) is 31.6. The third-order valence-corrected chi connectivity index (χ3v) is 11.6. The van der Waals surface area contributed by atoms with Crippen molar-refractivity contribution in [3.63, 3.8) is 0 Å². The van der Waals surface area contributed by atoms with E-state index in [1.54, 1.807) is 12.1 Å². The van der Waals surface area contributed by atoms with E-state index in [2.05, 4.69) is 35.9 Å². The summed E-state index contributed by atoms with van der Waals surface area (Å²) in [5.74, 6) is -1.33. The molecule has 5 rings (SSSR count). The zero-order valence-corrected chi connectivity index (χ0v) is 25.8. The predicted molar refractivity (Wildman–Crippen MR) is 151 cm³/mol. The first-order valence-corrected chi connectivity index (χ1v) is 16.2. The Balaban J connectivity index is 1.35. The summed E-state index contributed by atoms with van der Waals surface area (Å²) in [4.78, 5) is 30.7. The molecule has 2 saturated heterocycles. The molecule has 2 aliphatic heterocycles. The number of amides is 2. The molecule has 4 fully saturated rings. The number of nitrogens with one attached hydrogen (secondary N) is 1. The molecule has 0 radical (unpaired) electrons. The number of anilines is 1. The molecule has 236 valence electrons. The van der Waals surface area contributed by atoms with Gasteiger partial charge in [-0.25, -0.2) is 13.2 Å². The van der Waals surface area contributed by atoms with Crippen molar-refractivity contribution in [3.8, 4) is 6.07 Å². The Bertz CT molecular complexity index is 1440. The van der Waals surface area contributed by atoms with Gasteiger partial charge in [0.25, 0.3) is 0 Å². The van der Waals surface area contributed by atoms with Gasteiger partial charge in [0.15, 0.2) is 16.1 Å². The monoisotopic (exact) mass is 645 g/mol. The maximum Gasteiger partial charge on any atom is 0.410 e. The fourth-order valence-electron chi connectivity index (χ4n) is 5.80. The van der Waals surface area contributed by atoms with E-state index in [0.717, 1.165) is 18.8 Å². The summed E-state index contributed by atoms with van der Waals surface area (Å²) in [5, 5.41) is 10.2. The Kier molecular flexibility index (Phi) is 7.88. The molecule has 15 heteroatoms. The number of likely N-dealkylation sites (tertiary alicyclic amines) is 1. The summed E-state index contributed by atoms with van der Waals surface area (Å²) in [7, 11) is -4.27. The minimum atomic E-state index is -4.84. The number of ether oxygens (including phenoxy) is 1. The predicted octanol–water partition coefficient (Wildman–Crippen LogP) is 4.09. The molecular weight excluding hydrogens is 611 g/mol. The summed E-state index contributed by atoms with van der Waals surface area (Å²) in [6, 6.07) is 6.51. The van der Waals surface area contributed by atoms with E-state index in [-0.39, 0.29) is 15.5 Å². The fourth-order valence-corrected chi connectivity index (χ4v) is 8.02. The Morgan fingerprint density at radius 3 is 2.21 bits per heavy atom. The molecule has 0 unspecified atom stereocenters. The number of alkyl halides is 3. The minimum absolute atomic E-state index is 0.0226. The number of alkyl carbamates (subject to hydrolysis) is 1. The molecule has 0 bridgehead atoms.